The van der Waals surface area contributed by atoms with Crippen LogP contribution in [0.5, 0.6) is 11.5 Å². The van der Waals surface area contributed by atoms with E-state index in [2.05, 4.69) is 36.0 Å². The van der Waals surface area contributed by atoms with Gasteiger partial charge in [0, 0.05) is 29.9 Å². The predicted molar refractivity (Wildman–Crippen MR) is 102 cm³/mol. The molecule has 0 fully saturated rings. The Morgan fingerprint density at radius 2 is 2.08 bits per heavy atom. The molecule has 0 radical (unpaired) electrons. The van der Waals surface area contributed by atoms with Gasteiger partial charge in [0.1, 0.15) is 11.5 Å². The molecule has 2 aliphatic rings. The molecule has 3 aromatic rings. The zero-order valence-corrected chi connectivity index (χ0v) is 15.2. The predicted octanol–water partition coefficient (Wildman–Crippen LogP) is 4.56. The monoisotopic (exact) mass is 349 g/mol. The Balaban J connectivity index is 1.50. The summed E-state index contributed by atoms with van der Waals surface area (Å²) in [5.74, 6) is 3.22. The lowest BCUT2D eigenvalue weighted by Crippen LogP contribution is -2.14. The highest BCUT2D eigenvalue weighted by Gasteiger charge is 2.24. The van der Waals surface area contributed by atoms with Crippen molar-refractivity contribution in [2.24, 2.45) is 13.0 Å². The van der Waals surface area contributed by atoms with Gasteiger partial charge < -0.3 is 19.4 Å². The summed E-state index contributed by atoms with van der Waals surface area (Å²) in [4.78, 5) is 4.90. The summed E-state index contributed by atoms with van der Waals surface area (Å²) in [5.41, 5.74) is 4.98. The molecule has 0 amide bonds. The van der Waals surface area contributed by atoms with Gasteiger partial charge in [0.05, 0.1) is 0 Å². The number of pyridine rings is 1. The number of ether oxygens (including phenoxy) is 2. The minimum Gasteiger partial charge on any atom is -0.454 e. The van der Waals surface area contributed by atoms with Crippen molar-refractivity contribution in [2.45, 2.75) is 32.6 Å². The minimum absolute atomic E-state index is 0.288. The van der Waals surface area contributed by atoms with Gasteiger partial charge in [0.25, 0.3) is 0 Å². The molecule has 5 nitrogen and oxygen atoms in total. The number of nitrogens with zero attached hydrogens (tertiary/aromatic N) is 2. The molecule has 3 heterocycles. The summed E-state index contributed by atoms with van der Waals surface area (Å²) in [7, 11) is 2.14. The van der Waals surface area contributed by atoms with Crippen molar-refractivity contribution in [3.05, 3.63) is 41.6 Å². The molecule has 1 unspecified atom stereocenters. The average molecular weight is 349 g/mol. The van der Waals surface area contributed by atoms with E-state index >= 15 is 0 Å². The van der Waals surface area contributed by atoms with Gasteiger partial charge in [0.2, 0.25) is 6.79 Å². The number of hydrogen-bond acceptors (Lipinski definition) is 4. The maximum atomic E-state index is 5.46. The van der Waals surface area contributed by atoms with E-state index in [1.54, 1.807) is 0 Å². The first-order valence-corrected chi connectivity index (χ1v) is 9.36. The third kappa shape index (κ3) is 2.42. The Labute approximate surface area is 152 Å². The van der Waals surface area contributed by atoms with E-state index in [1.807, 2.05) is 18.2 Å². The molecule has 2 aromatic heterocycles. The van der Waals surface area contributed by atoms with E-state index < -0.39 is 0 Å². The lowest BCUT2D eigenvalue weighted by atomic mass is 9.85. The minimum atomic E-state index is 0.288. The molecular formula is C21H23N3O2. The van der Waals surface area contributed by atoms with Gasteiger partial charge in [0.15, 0.2) is 11.5 Å². The Bertz CT molecular complexity index is 993. The molecule has 1 aliphatic carbocycles. The first-order valence-electron chi connectivity index (χ1n) is 9.36. The molecule has 0 spiro atoms. The van der Waals surface area contributed by atoms with Gasteiger partial charge in [-0.25, -0.2) is 4.98 Å². The molecule has 134 valence electrons. The maximum absolute atomic E-state index is 5.46. The van der Waals surface area contributed by atoms with Crippen molar-refractivity contribution in [3.63, 3.8) is 0 Å². The number of benzene rings is 1. The van der Waals surface area contributed by atoms with Gasteiger partial charge in [-0.2, -0.15) is 0 Å². The molecule has 5 rings (SSSR count). The van der Waals surface area contributed by atoms with Crippen LogP contribution in [0, 0.1) is 5.92 Å². The second-order valence-corrected chi connectivity index (χ2v) is 7.26. The molecule has 0 saturated heterocycles. The lowest BCUT2D eigenvalue weighted by molar-refractivity contribution is 0.174. The summed E-state index contributed by atoms with van der Waals surface area (Å²) >= 11 is 0. The molecule has 1 N–H and O–H groups in total. The zero-order valence-electron chi connectivity index (χ0n) is 15.2. The van der Waals surface area contributed by atoms with Crippen molar-refractivity contribution < 1.29 is 9.47 Å². The van der Waals surface area contributed by atoms with Gasteiger partial charge >= 0.3 is 0 Å². The Hall–Kier alpha value is -2.69. The van der Waals surface area contributed by atoms with E-state index in [-0.39, 0.29) is 6.79 Å². The fourth-order valence-corrected chi connectivity index (χ4v) is 4.24. The fourth-order valence-electron chi connectivity index (χ4n) is 4.24. The standard InChI is InChI=1S/C21H23N3O2/c1-3-13-4-7-17-16(10-13)15-6-9-20(23-21(15)24(17)2)22-14-5-8-18-19(11-14)26-12-25-18/h5-6,8-9,11,13H,3-4,7,10,12H2,1-2H3,(H,22,23). The van der Waals surface area contributed by atoms with Crippen LogP contribution in [0.3, 0.4) is 0 Å². The SMILES string of the molecule is CCC1CCc2c(c3ccc(Nc4ccc5c(c4)OCO5)nc3n2C)C1. The average Bonchev–Trinajstić information content (AvgIpc) is 3.24. The van der Waals surface area contributed by atoms with Gasteiger partial charge in [-0.15, -0.1) is 0 Å². The van der Waals surface area contributed by atoms with Crippen LogP contribution >= 0.6 is 0 Å². The molecule has 5 heteroatoms. The number of anilines is 2. The van der Waals surface area contributed by atoms with E-state index in [0.717, 1.165) is 41.0 Å². The van der Waals surface area contributed by atoms with Crippen LogP contribution in [0.2, 0.25) is 0 Å². The quantitative estimate of drug-likeness (QED) is 0.753. The molecule has 1 aliphatic heterocycles. The number of aryl methyl sites for hydroxylation is 1. The van der Waals surface area contributed by atoms with E-state index in [0.29, 0.717) is 0 Å². The smallest absolute Gasteiger partial charge is 0.231 e. The first-order chi connectivity index (χ1) is 12.7. The fraction of sp³-hybridized carbons (Fsp3) is 0.381. The third-order valence-electron chi connectivity index (χ3n) is 5.78. The molecule has 0 saturated carbocycles. The molecule has 0 bridgehead atoms. The Kier molecular flexibility index (Phi) is 3.55. The first kappa shape index (κ1) is 15.6. The van der Waals surface area contributed by atoms with Crippen LogP contribution in [0.25, 0.3) is 11.0 Å². The third-order valence-corrected chi connectivity index (χ3v) is 5.78. The van der Waals surface area contributed by atoms with Gasteiger partial charge in [-0.05, 0) is 55.0 Å². The van der Waals surface area contributed by atoms with Crippen LogP contribution in [-0.2, 0) is 19.9 Å². The topological polar surface area (TPSA) is 48.3 Å². The summed E-state index contributed by atoms with van der Waals surface area (Å²) in [6, 6.07) is 10.2. The van der Waals surface area contributed by atoms with Crippen molar-refractivity contribution in [2.75, 3.05) is 12.1 Å². The molecule has 1 atom stereocenters. The van der Waals surface area contributed by atoms with Crippen LogP contribution in [0.1, 0.15) is 31.0 Å². The highest BCUT2D eigenvalue weighted by molar-refractivity contribution is 5.84. The Morgan fingerprint density at radius 1 is 1.19 bits per heavy atom. The molecular weight excluding hydrogens is 326 g/mol. The summed E-state index contributed by atoms with van der Waals surface area (Å²) in [5, 5.41) is 4.70. The normalized spacial score (nSPS) is 18.2. The second kappa shape index (κ2) is 5.94. The van der Waals surface area contributed by atoms with Crippen LogP contribution in [0.15, 0.2) is 30.3 Å². The van der Waals surface area contributed by atoms with Crippen molar-refractivity contribution in [1.82, 2.24) is 9.55 Å². The lowest BCUT2D eigenvalue weighted by Gasteiger charge is -2.21. The highest BCUT2D eigenvalue weighted by Crippen LogP contribution is 2.37. The van der Waals surface area contributed by atoms with Gasteiger partial charge in [-0.1, -0.05) is 13.3 Å². The van der Waals surface area contributed by atoms with Gasteiger partial charge in [-0.3, -0.25) is 0 Å². The number of fused-ring (bicyclic) bond motifs is 4. The summed E-state index contributed by atoms with van der Waals surface area (Å²) < 4.78 is 13.1. The van der Waals surface area contributed by atoms with Crippen molar-refractivity contribution in [1.29, 1.82) is 0 Å². The summed E-state index contributed by atoms with van der Waals surface area (Å²) in [6.45, 7) is 2.59. The maximum Gasteiger partial charge on any atom is 0.231 e. The van der Waals surface area contributed by atoms with E-state index in [4.69, 9.17) is 14.5 Å². The summed E-state index contributed by atoms with van der Waals surface area (Å²) in [6.07, 6.45) is 4.88. The number of rotatable bonds is 3. The second-order valence-electron chi connectivity index (χ2n) is 7.26. The van der Waals surface area contributed by atoms with Crippen LogP contribution in [-0.4, -0.2) is 16.3 Å². The van der Waals surface area contributed by atoms with Crippen molar-refractivity contribution in [3.8, 4) is 11.5 Å². The highest BCUT2D eigenvalue weighted by atomic mass is 16.7. The molecule has 1 aromatic carbocycles. The van der Waals surface area contributed by atoms with E-state index in [1.165, 1.54) is 35.9 Å². The number of aromatic nitrogens is 2. The van der Waals surface area contributed by atoms with Crippen LogP contribution in [0.4, 0.5) is 11.5 Å². The largest absolute Gasteiger partial charge is 0.454 e. The molecule has 26 heavy (non-hydrogen) atoms. The number of hydrogen-bond donors (Lipinski definition) is 1. The Morgan fingerprint density at radius 3 is 2.96 bits per heavy atom. The van der Waals surface area contributed by atoms with E-state index in [9.17, 15) is 0 Å². The van der Waals surface area contributed by atoms with Crippen LogP contribution < -0.4 is 14.8 Å². The number of nitrogens with one attached hydrogen (secondary N) is 1. The van der Waals surface area contributed by atoms with Crippen molar-refractivity contribution >= 4 is 22.5 Å². The zero-order chi connectivity index (χ0) is 17.7.